The van der Waals surface area contributed by atoms with E-state index in [4.69, 9.17) is 9.47 Å². The summed E-state index contributed by atoms with van der Waals surface area (Å²) in [6.07, 6.45) is 4.47. The number of H-pyrrole nitrogens is 1. The number of piperazine rings is 1. The standard InChI is InChI=1S/C30H34N4O2/c1-2-7-25(8-3-1)9-6-16-33-17-19-34(20-18-33)21-22-35-23-24-36-27-14-12-26(13-15-27)30-31-28-10-4-5-11-29(28)32-30/h1-15H,16-24H2,(H,31,32). The molecular formula is C30H34N4O2. The Hall–Kier alpha value is -3.45. The fraction of sp³-hybridized carbons (Fsp3) is 0.300. The van der Waals surface area contributed by atoms with Gasteiger partial charge in [0.1, 0.15) is 18.2 Å². The highest BCUT2D eigenvalue weighted by Crippen LogP contribution is 2.22. The lowest BCUT2D eigenvalue weighted by atomic mass is 10.2. The molecule has 0 unspecified atom stereocenters. The Morgan fingerprint density at radius 2 is 1.53 bits per heavy atom. The van der Waals surface area contributed by atoms with Crippen LogP contribution >= 0.6 is 0 Å². The van der Waals surface area contributed by atoms with Crippen LogP contribution in [0.1, 0.15) is 5.56 Å². The lowest BCUT2D eigenvalue weighted by Gasteiger charge is -2.34. The number of benzene rings is 3. The Balaban J connectivity index is 0.938. The molecule has 3 aromatic carbocycles. The lowest BCUT2D eigenvalue weighted by molar-refractivity contribution is 0.0637. The fourth-order valence-corrected chi connectivity index (χ4v) is 4.41. The molecule has 6 nitrogen and oxygen atoms in total. The van der Waals surface area contributed by atoms with Crippen LogP contribution in [0.4, 0.5) is 0 Å². The van der Waals surface area contributed by atoms with Gasteiger partial charge in [-0.3, -0.25) is 9.80 Å². The van der Waals surface area contributed by atoms with Crippen molar-refractivity contribution < 1.29 is 9.47 Å². The molecule has 0 spiro atoms. The highest BCUT2D eigenvalue weighted by Gasteiger charge is 2.15. The summed E-state index contributed by atoms with van der Waals surface area (Å²) >= 11 is 0. The lowest BCUT2D eigenvalue weighted by Crippen LogP contribution is -2.47. The normalized spacial score (nSPS) is 15.1. The second kappa shape index (κ2) is 12.5. The van der Waals surface area contributed by atoms with E-state index in [9.17, 15) is 0 Å². The van der Waals surface area contributed by atoms with E-state index in [1.54, 1.807) is 0 Å². The van der Waals surface area contributed by atoms with Crippen LogP contribution in [-0.2, 0) is 4.74 Å². The van der Waals surface area contributed by atoms with E-state index in [0.717, 1.165) is 74.0 Å². The monoisotopic (exact) mass is 482 g/mol. The van der Waals surface area contributed by atoms with Gasteiger partial charge in [0.2, 0.25) is 0 Å². The highest BCUT2D eigenvalue weighted by atomic mass is 16.5. The topological polar surface area (TPSA) is 53.6 Å². The third-order valence-electron chi connectivity index (χ3n) is 6.50. The molecule has 36 heavy (non-hydrogen) atoms. The first-order chi connectivity index (χ1) is 17.8. The van der Waals surface area contributed by atoms with Crippen molar-refractivity contribution in [3.8, 4) is 17.1 Å². The van der Waals surface area contributed by atoms with Gasteiger partial charge < -0.3 is 14.5 Å². The van der Waals surface area contributed by atoms with Gasteiger partial charge in [0.15, 0.2) is 0 Å². The zero-order chi connectivity index (χ0) is 24.4. The molecule has 5 rings (SSSR count). The van der Waals surface area contributed by atoms with Crippen LogP contribution in [0.3, 0.4) is 0 Å². The van der Waals surface area contributed by atoms with Gasteiger partial charge in [-0.25, -0.2) is 4.98 Å². The Labute approximate surface area is 213 Å². The molecule has 0 bridgehead atoms. The summed E-state index contributed by atoms with van der Waals surface area (Å²) in [5.74, 6) is 1.71. The molecular weight excluding hydrogens is 448 g/mol. The Kier molecular flexibility index (Phi) is 8.42. The van der Waals surface area contributed by atoms with Gasteiger partial charge in [0.05, 0.1) is 24.2 Å². The maximum absolute atomic E-state index is 5.85. The first-order valence-corrected chi connectivity index (χ1v) is 12.8. The van der Waals surface area contributed by atoms with Gasteiger partial charge in [0, 0.05) is 44.8 Å². The van der Waals surface area contributed by atoms with Crippen molar-refractivity contribution in [3.05, 3.63) is 90.5 Å². The molecule has 0 radical (unpaired) electrons. The molecule has 0 aliphatic carbocycles. The van der Waals surface area contributed by atoms with Gasteiger partial charge >= 0.3 is 0 Å². The van der Waals surface area contributed by atoms with Crippen molar-refractivity contribution in [2.75, 3.05) is 59.1 Å². The zero-order valence-electron chi connectivity index (χ0n) is 20.7. The quantitative estimate of drug-likeness (QED) is 0.306. The first kappa shape index (κ1) is 24.3. The number of aromatic amines is 1. The summed E-state index contributed by atoms with van der Waals surface area (Å²) in [5, 5.41) is 0. The molecule has 0 saturated carbocycles. The van der Waals surface area contributed by atoms with Crippen molar-refractivity contribution in [2.24, 2.45) is 0 Å². The third-order valence-corrected chi connectivity index (χ3v) is 6.50. The molecule has 1 fully saturated rings. The third kappa shape index (κ3) is 6.82. The van der Waals surface area contributed by atoms with E-state index in [2.05, 4.69) is 62.3 Å². The highest BCUT2D eigenvalue weighted by molar-refractivity contribution is 5.79. The van der Waals surface area contributed by atoms with Gasteiger partial charge in [-0.1, -0.05) is 54.6 Å². The van der Waals surface area contributed by atoms with Crippen molar-refractivity contribution in [2.45, 2.75) is 0 Å². The van der Waals surface area contributed by atoms with E-state index < -0.39 is 0 Å². The number of hydrogen-bond donors (Lipinski definition) is 1. The van der Waals surface area contributed by atoms with E-state index in [1.807, 2.05) is 48.5 Å². The van der Waals surface area contributed by atoms with Crippen LogP contribution in [0.25, 0.3) is 28.5 Å². The van der Waals surface area contributed by atoms with E-state index in [1.165, 1.54) is 5.56 Å². The predicted octanol–water partition coefficient (Wildman–Crippen LogP) is 4.96. The summed E-state index contributed by atoms with van der Waals surface area (Å²) in [6, 6.07) is 26.6. The second-order valence-corrected chi connectivity index (χ2v) is 9.04. The summed E-state index contributed by atoms with van der Waals surface area (Å²) in [7, 11) is 0. The number of fused-ring (bicyclic) bond motifs is 1. The summed E-state index contributed by atoms with van der Waals surface area (Å²) in [6.45, 7) is 8.25. The number of rotatable bonds is 11. The molecule has 186 valence electrons. The maximum atomic E-state index is 5.85. The number of nitrogens with zero attached hydrogens (tertiary/aromatic N) is 3. The number of imidazole rings is 1. The van der Waals surface area contributed by atoms with Crippen molar-refractivity contribution in [1.29, 1.82) is 0 Å². The summed E-state index contributed by atoms with van der Waals surface area (Å²) in [5.41, 5.74) is 4.32. The molecule has 1 aliphatic rings. The molecule has 0 amide bonds. The van der Waals surface area contributed by atoms with Gasteiger partial charge in [-0.2, -0.15) is 0 Å². The van der Waals surface area contributed by atoms with Crippen LogP contribution in [0.15, 0.2) is 84.9 Å². The largest absolute Gasteiger partial charge is 0.491 e. The number of ether oxygens (including phenoxy) is 2. The van der Waals surface area contributed by atoms with Crippen molar-refractivity contribution >= 4 is 17.1 Å². The molecule has 1 aromatic heterocycles. The van der Waals surface area contributed by atoms with Gasteiger partial charge in [-0.05, 0) is 42.0 Å². The number of para-hydroxylation sites is 2. The van der Waals surface area contributed by atoms with Crippen LogP contribution in [-0.4, -0.2) is 78.9 Å². The first-order valence-electron chi connectivity index (χ1n) is 12.8. The van der Waals surface area contributed by atoms with E-state index in [-0.39, 0.29) is 0 Å². The maximum Gasteiger partial charge on any atom is 0.138 e. The van der Waals surface area contributed by atoms with E-state index in [0.29, 0.717) is 13.2 Å². The Morgan fingerprint density at radius 1 is 0.778 bits per heavy atom. The summed E-state index contributed by atoms with van der Waals surface area (Å²) in [4.78, 5) is 13.0. The second-order valence-electron chi connectivity index (χ2n) is 9.04. The minimum atomic E-state index is 0.547. The molecule has 1 saturated heterocycles. The SMILES string of the molecule is C(=Cc1ccccc1)CN1CCN(CCOCCOc2ccc(-c3nc4ccccc4[nH]3)cc2)CC1. The van der Waals surface area contributed by atoms with Crippen LogP contribution in [0.5, 0.6) is 5.75 Å². The molecule has 4 aromatic rings. The summed E-state index contributed by atoms with van der Waals surface area (Å²) < 4.78 is 11.7. The molecule has 1 aliphatic heterocycles. The smallest absolute Gasteiger partial charge is 0.138 e. The molecule has 6 heteroatoms. The predicted molar refractivity (Wildman–Crippen MR) is 146 cm³/mol. The van der Waals surface area contributed by atoms with E-state index >= 15 is 0 Å². The van der Waals surface area contributed by atoms with Gasteiger partial charge in [0.25, 0.3) is 0 Å². The fourth-order valence-electron chi connectivity index (χ4n) is 4.41. The number of hydrogen-bond acceptors (Lipinski definition) is 5. The Bertz CT molecular complexity index is 1200. The minimum absolute atomic E-state index is 0.547. The molecule has 1 N–H and O–H groups in total. The molecule has 2 heterocycles. The Morgan fingerprint density at radius 3 is 2.33 bits per heavy atom. The van der Waals surface area contributed by atoms with Crippen LogP contribution in [0.2, 0.25) is 0 Å². The van der Waals surface area contributed by atoms with Crippen molar-refractivity contribution in [3.63, 3.8) is 0 Å². The average Bonchev–Trinajstić information content (AvgIpc) is 3.37. The van der Waals surface area contributed by atoms with Crippen molar-refractivity contribution in [1.82, 2.24) is 19.8 Å². The minimum Gasteiger partial charge on any atom is -0.491 e. The number of nitrogens with one attached hydrogen (secondary N) is 1. The number of aromatic nitrogens is 2. The molecule has 0 atom stereocenters. The van der Waals surface area contributed by atoms with Gasteiger partial charge in [-0.15, -0.1) is 0 Å². The average molecular weight is 483 g/mol. The zero-order valence-corrected chi connectivity index (χ0v) is 20.7. The van der Waals surface area contributed by atoms with Crippen LogP contribution in [0, 0.1) is 0 Å². The van der Waals surface area contributed by atoms with Crippen LogP contribution < -0.4 is 4.74 Å².